The number of nitrogens with one attached hydrogen (secondary N) is 2. The Labute approximate surface area is 113 Å². The van der Waals surface area contributed by atoms with Crippen molar-refractivity contribution in [3.05, 3.63) is 21.9 Å². The van der Waals surface area contributed by atoms with E-state index in [1.165, 1.54) is 9.75 Å². The predicted molar refractivity (Wildman–Crippen MR) is 77.7 cm³/mol. The Hall–Kier alpha value is -0.650. The summed E-state index contributed by atoms with van der Waals surface area (Å²) in [6.45, 7) is 6.91. The molecule has 2 unspecified atom stereocenters. The number of methoxy groups -OCH3 is 1. The van der Waals surface area contributed by atoms with Crippen LogP contribution < -0.4 is 10.6 Å². The molecule has 0 saturated heterocycles. The minimum atomic E-state index is 0.220. The predicted octanol–water partition coefficient (Wildman–Crippen LogP) is 2.62. The second-order valence-corrected chi connectivity index (χ2v) is 5.87. The van der Waals surface area contributed by atoms with Gasteiger partial charge < -0.3 is 15.4 Å². The molecule has 96 valence electrons. The molecule has 0 fully saturated rings. The van der Waals surface area contributed by atoms with Gasteiger partial charge in [-0.15, -0.1) is 11.3 Å². The van der Waals surface area contributed by atoms with Gasteiger partial charge in [-0.05, 0) is 45.1 Å². The van der Waals surface area contributed by atoms with Gasteiger partial charge in [-0.3, -0.25) is 0 Å². The van der Waals surface area contributed by atoms with Gasteiger partial charge in [0.25, 0.3) is 0 Å². The van der Waals surface area contributed by atoms with Crippen molar-refractivity contribution in [2.75, 3.05) is 13.7 Å². The van der Waals surface area contributed by atoms with Crippen molar-refractivity contribution < 1.29 is 4.74 Å². The molecule has 0 aromatic carbocycles. The molecular weight excluding hydrogens is 252 g/mol. The quantitative estimate of drug-likeness (QED) is 0.807. The summed E-state index contributed by atoms with van der Waals surface area (Å²) in [4.78, 5) is 2.62. The SMILES string of the molecule is COCC(C)NC(=S)NC(C)c1ccc(C)s1. The molecule has 0 amide bonds. The van der Waals surface area contributed by atoms with E-state index in [0.717, 1.165) is 0 Å². The van der Waals surface area contributed by atoms with E-state index in [0.29, 0.717) is 11.7 Å². The number of aryl methyl sites for hydroxylation is 1. The maximum atomic E-state index is 5.25. The topological polar surface area (TPSA) is 33.3 Å². The van der Waals surface area contributed by atoms with Gasteiger partial charge in [0, 0.05) is 22.9 Å². The van der Waals surface area contributed by atoms with Crippen LogP contribution in [0.3, 0.4) is 0 Å². The minimum Gasteiger partial charge on any atom is -0.383 e. The summed E-state index contributed by atoms with van der Waals surface area (Å²) in [5.74, 6) is 0. The summed E-state index contributed by atoms with van der Waals surface area (Å²) < 4.78 is 5.05. The second-order valence-electron chi connectivity index (χ2n) is 4.14. The van der Waals surface area contributed by atoms with Crippen LogP contribution in [0.25, 0.3) is 0 Å². The van der Waals surface area contributed by atoms with Crippen LogP contribution in [-0.4, -0.2) is 24.9 Å². The summed E-state index contributed by atoms with van der Waals surface area (Å²) in [6, 6.07) is 4.72. The first-order valence-electron chi connectivity index (χ1n) is 5.65. The van der Waals surface area contributed by atoms with E-state index >= 15 is 0 Å². The Morgan fingerprint density at radius 1 is 1.41 bits per heavy atom. The third-order valence-electron chi connectivity index (χ3n) is 2.33. The summed E-state index contributed by atoms with van der Waals surface area (Å²) >= 11 is 7.05. The molecular formula is C12H20N2OS2. The molecule has 2 atom stereocenters. The monoisotopic (exact) mass is 272 g/mol. The molecule has 0 bridgehead atoms. The molecule has 1 rings (SSSR count). The standard InChI is InChI=1S/C12H20N2OS2/c1-8(7-15-4)13-12(16)14-10(3)11-6-5-9(2)17-11/h5-6,8,10H,7H2,1-4H3,(H2,13,14,16). The van der Waals surface area contributed by atoms with Crippen molar-refractivity contribution in [3.63, 3.8) is 0 Å². The zero-order valence-electron chi connectivity index (χ0n) is 10.7. The van der Waals surface area contributed by atoms with Crippen LogP contribution in [0.4, 0.5) is 0 Å². The lowest BCUT2D eigenvalue weighted by Crippen LogP contribution is -2.43. The molecule has 0 aliphatic rings. The van der Waals surface area contributed by atoms with E-state index in [-0.39, 0.29) is 12.1 Å². The number of thiocarbonyl (C=S) groups is 1. The molecule has 1 aromatic rings. The summed E-state index contributed by atoms with van der Waals surface area (Å²) in [5.41, 5.74) is 0. The highest BCUT2D eigenvalue weighted by atomic mass is 32.1. The van der Waals surface area contributed by atoms with E-state index in [9.17, 15) is 0 Å². The molecule has 0 aliphatic heterocycles. The molecule has 0 spiro atoms. The molecule has 17 heavy (non-hydrogen) atoms. The first-order chi connectivity index (χ1) is 8.02. The van der Waals surface area contributed by atoms with Gasteiger partial charge in [0.2, 0.25) is 0 Å². The highest BCUT2D eigenvalue weighted by Crippen LogP contribution is 2.21. The van der Waals surface area contributed by atoms with Crippen LogP contribution in [-0.2, 0) is 4.74 Å². The van der Waals surface area contributed by atoms with Crippen LogP contribution in [0, 0.1) is 6.92 Å². The molecule has 1 heterocycles. The van der Waals surface area contributed by atoms with Gasteiger partial charge in [-0.2, -0.15) is 0 Å². The van der Waals surface area contributed by atoms with Crippen molar-refractivity contribution in [2.45, 2.75) is 32.9 Å². The maximum Gasteiger partial charge on any atom is 0.167 e. The minimum absolute atomic E-state index is 0.220. The Morgan fingerprint density at radius 3 is 2.65 bits per heavy atom. The van der Waals surface area contributed by atoms with Gasteiger partial charge in [-0.25, -0.2) is 0 Å². The van der Waals surface area contributed by atoms with Crippen LogP contribution >= 0.6 is 23.6 Å². The van der Waals surface area contributed by atoms with Crippen LogP contribution in [0.5, 0.6) is 0 Å². The molecule has 1 aromatic heterocycles. The van der Waals surface area contributed by atoms with E-state index in [4.69, 9.17) is 17.0 Å². The molecule has 3 nitrogen and oxygen atoms in total. The van der Waals surface area contributed by atoms with Crippen LogP contribution in [0.1, 0.15) is 29.6 Å². The Balaban J connectivity index is 2.40. The molecule has 5 heteroatoms. The zero-order valence-corrected chi connectivity index (χ0v) is 12.4. The average molecular weight is 272 g/mol. The van der Waals surface area contributed by atoms with Crippen molar-refractivity contribution in [1.29, 1.82) is 0 Å². The fourth-order valence-electron chi connectivity index (χ4n) is 1.51. The lowest BCUT2D eigenvalue weighted by molar-refractivity contribution is 0.179. The number of hydrogen-bond acceptors (Lipinski definition) is 3. The first-order valence-corrected chi connectivity index (χ1v) is 6.87. The van der Waals surface area contributed by atoms with Gasteiger partial charge in [0.15, 0.2) is 5.11 Å². The van der Waals surface area contributed by atoms with E-state index in [1.54, 1.807) is 18.4 Å². The summed E-state index contributed by atoms with van der Waals surface area (Å²) in [5, 5.41) is 7.14. The van der Waals surface area contributed by atoms with Gasteiger partial charge in [0.05, 0.1) is 12.6 Å². The Bertz CT molecular complexity index is 365. The lowest BCUT2D eigenvalue weighted by atomic mass is 10.3. The van der Waals surface area contributed by atoms with Crippen molar-refractivity contribution in [2.24, 2.45) is 0 Å². The van der Waals surface area contributed by atoms with Crippen LogP contribution in [0.15, 0.2) is 12.1 Å². The zero-order chi connectivity index (χ0) is 12.8. The van der Waals surface area contributed by atoms with E-state index in [1.807, 2.05) is 6.92 Å². The molecule has 0 aliphatic carbocycles. The summed E-state index contributed by atoms with van der Waals surface area (Å²) in [6.07, 6.45) is 0. The fraction of sp³-hybridized carbons (Fsp3) is 0.583. The third kappa shape index (κ3) is 5.02. The first kappa shape index (κ1) is 14.4. The Kier molecular flexibility index (Phi) is 5.88. The Morgan fingerprint density at radius 2 is 2.12 bits per heavy atom. The van der Waals surface area contributed by atoms with E-state index in [2.05, 4.69) is 36.6 Å². The smallest absolute Gasteiger partial charge is 0.167 e. The third-order valence-corrected chi connectivity index (χ3v) is 3.75. The average Bonchev–Trinajstić information content (AvgIpc) is 2.64. The number of ether oxygens (including phenoxy) is 1. The second kappa shape index (κ2) is 6.93. The molecule has 0 saturated carbocycles. The lowest BCUT2D eigenvalue weighted by Gasteiger charge is -2.19. The normalized spacial score (nSPS) is 14.1. The van der Waals surface area contributed by atoms with Crippen LogP contribution in [0.2, 0.25) is 0 Å². The largest absolute Gasteiger partial charge is 0.383 e. The summed E-state index contributed by atoms with van der Waals surface area (Å²) in [7, 11) is 1.69. The van der Waals surface area contributed by atoms with Gasteiger partial charge in [0.1, 0.15) is 0 Å². The van der Waals surface area contributed by atoms with E-state index < -0.39 is 0 Å². The molecule has 0 radical (unpaired) electrons. The number of rotatable bonds is 5. The number of thiophene rings is 1. The van der Waals surface area contributed by atoms with Crippen molar-refractivity contribution in [3.8, 4) is 0 Å². The van der Waals surface area contributed by atoms with Crippen molar-refractivity contribution >= 4 is 28.7 Å². The highest BCUT2D eigenvalue weighted by molar-refractivity contribution is 7.80. The highest BCUT2D eigenvalue weighted by Gasteiger charge is 2.10. The number of hydrogen-bond donors (Lipinski definition) is 2. The van der Waals surface area contributed by atoms with Crippen molar-refractivity contribution in [1.82, 2.24) is 10.6 Å². The maximum absolute atomic E-state index is 5.25. The molecule has 2 N–H and O–H groups in total. The fourth-order valence-corrected chi connectivity index (χ4v) is 2.77. The van der Waals surface area contributed by atoms with Gasteiger partial charge >= 0.3 is 0 Å². The van der Waals surface area contributed by atoms with Gasteiger partial charge in [-0.1, -0.05) is 0 Å².